The number of ketones is 1. The summed E-state index contributed by atoms with van der Waals surface area (Å²) in [7, 11) is 1.59. The zero-order valence-electron chi connectivity index (χ0n) is 10.1. The molecule has 0 aromatic carbocycles. The van der Waals surface area contributed by atoms with Gasteiger partial charge in [-0.15, -0.1) is 0 Å². The molecule has 0 radical (unpaired) electrons. The van der Waals surface area contributed by atoms with Crippen molar-refractivity contribution in [3.8, 4) is 0 Å². The van der Waals surface area contributed by atoms with Gasteiger partial charge in [0.25, 0.3) is 0 Å². The molecule has 1 aliphatic rings. The van der Waals surface area contributed by atoms with Crippen molar-refractivity contribution in [1.29, 1.82) is 0 Å². The first kappa shape index (κ1) is 13.5. The standard InChI is InChI=1S/C11H15ClN2O4/c1-16-3-2-14-10(8(12)6-13-14)11(15)9-7-17-4-5-18-9/h6,9H,2-5,7H2,1H3. The van der Waals surface area contributed by atoms with Crippen LogP contribution >= 0.6 is 11.6 Å². The highest BCUT2D eigenvalue weighted by Gasteiger charge is 2.28. The van der Waals surface area contributed by atoms with E-state index >= 15 is 0 Å². The molecule has 1 aromatic rings. The SMILES string of the molecule is COCCn1ncc(Cl)c1C(=O)C1COCCO1. The lowest BCUT2D eigenvalue weighted by molar-refractivity contribution is -0.0722. The molecule has 100 valence electrons. The highest BCUT2D eigenvalue weighted by Crippen LogP contribution is 2.19. The van der Waals surface area contributed by atoms with E-state index in [1.165, 1.54) is 10.9 Å². The van der Waals surface area contributed by atoms with E-state index in [1.54, 1.807) is 7.11 Å². The molecule has 1 fully saturated rings. The van der Waals surface area contributed by atoms with Crippen LogP contribution < -0.4 is 0 Å². The predicted molar refractivity (Wildman–Crippen MR) is 64.0 cm³/mol. The van der Waals surface area contributed by atoms with Gasteiger partial charge in [-0.05, 0) is 0 Å². The number of carbonyl (C=O) groups is 1. The second-order valence-corrected chi connectivity index (χ2v) is 4.26. The van der Waals surface area contributed by atoms with Crippen molar-refractivity contribution < 1.29 is 19.0 Å². The monoisotopic (exact) mass is 274 g/mol. The molecule has 1 unspecified atom stereocenters. The van der Waals surface area contributed by atoms with Crippen LogP contribution in [-0.2, 0) is 20.8 Å². The van der Waals surface area contributed by atoms with E-state index in [4.69, 9.17) is 25.8 Å². The maximum atomic E-state index is 12.3. The smallest absolute Gasteiger partial charge is 0.213 e. The van der Waals surface area contributed by atoms with Crippen LogP contribution in [0.5, 0.6) is 0 Å². The number of ether oxygens (including phenoxy) is 3. The third-order valence-electron chi connectivity index (χ3n) is 2.64. The van der Waals surface area contributed by atoms with Crippen molar-refractivity contribution in [2.24, 2.45) is 0 Å². The fourth-order valence-electron chi connectivity index (χ4n) is 1.75. The molecule has 6 nitrogen and oxygen atoms in total. The summed E-state index contributed by atoms with van der Waals surface area (Å²) >= 11 is 6.00. The Balaban J connectivity index is 2.14. The molecule has 0 N–H and O–H groups in total. The molecule has 0 bridgehead atoms. The Hall–Kier alpha value is -0.950. The molecule has 0 amide bonds. The van der Waals surface area contributed by atoms with Crippen LogP contribution in [0.1, 0.15) is 10.5 Å². The Labute approximate surface area is 110 Å². The van der Waals surface area contributed by atoms with Crippen LogP contribution in [0.3, 0.4) is 0 Å². The molecule has 1 aromatic heterocycles. The van der Waals surface area contributed by atoms with Gasteiger partial charge in [0.15, 0.2) is 0 Å². The average Bonchev–Trinajstić information content (AvgIpc) is 2.77. The van der Waals surface area contributed by atoms with Gasteiger partial charge in [-0.3, -0.25) is 9.48 Å². The Bertz CT molecular complexity index is 415. The number of methoxy groups -OCH3 is 1. The summed E-state index contributed by atoms with van der Waals surface area (Å²) < 4.78 is 17.1. The lowest BCUT2D eigenvalue weighted by atomic mass is 10.1. The van der Waals surface area contributed by atoms with E-state index in [9.17, 15) is 4.79 Å². The fourth-order valence-corrected chi connectivity index (χ4v) is 1.98. The minimum Gasteiger partial charge on any atom is -0.383 e. The molecule has 1 saturated heterocycles. The van der Waals surface area contributed by atoms with Gasteiger partial charge in [0.1, 0.15) is 11.8 Å². The van der Waals surface area contributed by atoms with Crippen LogP contribution in [-0.4, -0.2) is 55.2 Å². The molecule has 7 heteroatoms. The number of carbonyl (C=O) groups excluding carboxylic acids is 1. The van der Waals surface area contributed by atoms with Crippen LogP contribution in [0.2, 0.25) is 5.02 Å². The number of Topliss-reactive ketones (excluding diaryl/α,β-unsaturated/α-hetero) is 1. The van der Waals surface area contributed by atoms with Gasteiger partial charge in [-0.25, -0.2) is 0 Å². The van der Waals surface area contributed by atoms with Crippen molar-refractivity contribution in [3.05, 3.63) is 16.9 Å². The normalized spacial score (nSPS) is 20.0. The summed E-state index contributed by atoms with van der Waals surface area (Å²) in [6.45, 7) is 2.11. The molecular formula is C11H15ClN2O4. The van der Waals surface area contributed by atoms with Crippen molar-refractivity contribution in [2.75, 3.05) is 33.5 Å². The lowest BCUT2D eigenvalue weighted by Gasteiger charge is -2.22. The highest BCUT2D eigenvalue weighted by atomic mass is 35.5. The van der Waals surface area contributed by atoms with Gasteiger partial charge in [-0.1, -0.05) is 11.6 Å². The topological polar surface area (TPSA) is 62.6 Å². The molecular weight excluding hydrogens is 260 g/mol. The van der Waals surface area contributed by atoms with Gasteiger partial charge in [-0.2, -0.15) is 5.10 Å². The maximum absolute atomic E-state index is 12.3. The zero-order valence-corrected chi connectivity index (χ0v) is 10.9. The number of halogens is 1. The first-order valence-corrected chi connectivity index (χ1v) is 6.05. The Morgan fingerprint density at radius 1 is 1.67 bits per heavy atom. The third kappa shape index (κ3) is 2.89. The number of nitrogens with zero attached hydrogens (tertiary/aromatic N) is 2. The molecule has 1 atom stereocenters. The average molecular weight is 275 g/mol. The van der Waals surface area contributed by atoms with Crippen molar-refractivity contribution >= 4 is 17.4 Å². The molecule has 18 heavy (non-hydrogen) atoms. The number of hydrogen-bond donors (Lipinski definition) is 0. The summed E-state index contributed by atoms with van der Waals surface area (Å²) in [6.07, 6.45) is 0.850. The van der Waals surface area contributed by atoms with Gasteiger partial charge >= 0.3 is 0 Å². The minimum absolute atomic E-state index is 0.201. The molecule has 0 aliphatic carbocycles. The zero-order chi connectivity index (χ0) is 13.0. The van der Waals surface area contributed by atoms with E-state index in [0.29, 0.717) is 37.1 Å². The Kier molecular flexibility index (Phi) is 4.71. The van der Waals surface area contributed by atoms with E-state index in [0.717, 1.165) is 0 Å². The van der Waals surface area contributed by atoms with E-state index in [1.807, 2.05) is 0 Å². The number of aromatic nitrogens is 2. The van der Waals surface area contributed by atoms with E-state index in [-0.39, 0.29) is 12.4 Å². The van der Waals surface area contributed by atoms with Gasteiger partial charge < -0.3 is 14.2 Å². The third-order valence-corrected chi connectivity index (χ3v) is 2.92. The summed E-state index contributed by atoms with van der Waals surface area (Å²) in [5.41, 5.74) is 0.351. The summed E-state index contributed by atoms with van der Waals surface area (Å²) in [6, 6.07) is 0. The van der Waals surface area contributed by atoms with Crippen molar-refractivity contribution in [2.45, 2.75) is 12.6 Å². The van der Waals surface area contributed by atoms with Crippen molar-refractivity contribution in [3.63, 3.8) is 0 Å². The quantitative estimate of drug-likeness (QED) is 0.743. The molecule has 2 rings (SSSR count). The van der Waals surface area contributed by atoms with Crippen LogP contribution in [0.25, 0.3) is 0 Å². The second-order valence-electron chi connectivity index (χ2n) is 3.86. The fraction of sp³-hybridized carbons (Fsp3) is 0.636. The number of hydrogen-bond acceptors (Lipinski definition) is 5. The Morgan fingerprint density at radius 2 is 2.50 bits per heavy atom. The van der Waals surface area contributed by atoms with Gasteiger partial charge in [0.05, 0.1) is 44.2 Å². The summed E-state index contributed by atoms with van der Waals surface area (Å²) in [5, 5.41) is 4.38. The summed E-state index contributed by atoms with van der Waals surface area (Å²) in [4.78, 5) is 12.3. The minimum atomic E-state index is -0.603. The summed E-state index contributed by atoms with van der Waals surface area (Å²) in [5.74, 6) is -0.201. The predicted octanol–water partition coefficient (Wildman–Crippen LogP) is 0.781. The number of rotatable bonds is 5. The molecule has 2 heterocycles. The van der Waals surface area contributed by atoms with E-state index in [2.05, 4.69) is 5.10 Å². The largest absolute Gasteiger partial charge is 0.383 e. The van der Waals surface area contributed by atoms with Crippen LogP contribution in [0.15, 0.2) is 6.20 Å². The second kappa shape index (κ2) is 6.29. The Morgan fingerprint density at radius 3 is 3.17 bits per heavy atom. The first-order valence-electron chi connectivity index (χ1n) is 5.68. The molecule has 0 saturated carbocycles. The maximum Gasteiger partial charge on any atom is 0.213 e. The first-order chi connectivity index (χ1) is 8.74. The lowest BCUT2D eigenvalue weighted by Crippen LogP contribution is -2.36. The van der Waals surface area contributed by atoms with Crippen LogP contribution in [0.4, 0.5) is 0 Å². The van der Waals surface area contributed by atoms with Gasteiger partial charge in [0, 0.05) is 7.11 Å². The van der Waals surface area contributed by atoms with Crippen LogP contribution in [0, 0.1) is 0 Å². The molecule has 0 spiro atoms. The van der Waals surface area contributed by atoms with E-state index < -0.39 is 6.10 Å². The highest BCUT2D eigenvalue weighted by molar-refractivity contribution is 6.33. The van der Waals surface area contributed by atoms with Crippen molar-refractivity contribution in [1.82, 2.24) is 9.78 Å². The molecule has 1 aliphatic heterocycles. The van der Waals surface area contributed by atoms with Gasteiger partial charge in [0.2, 0.25) is 5.78 Å².